The van der Waals surface area contributed by atoms with Crippen LogP contribution in [0.25, 0.3) is 0 Å². The summed E-state index contributed by atoms with van der Waals surface area (Å²) in [5.41, 5.74) is 0.0720. The summed E-state index contributed by atoms with van der Waals surface area (Å²) >= 11 is 3.02. The van der Waals surface area contributed by atoms with Gasteiger partial charge in [-0.25, -0.2) is 4.79 Å². The molecule has 1 heterocycles. The molecule has 2 N–H and O–H groups in total. The molecule has 1 aliphatic heterocycles. The van der Waals surface area contributed by atoms with Gasteiger partial charge in [0, 0.05) is 17.7 Å². The number of nitro groups is 1. The molecular weight excluding hydrogens is 296 g/mol. The van der Waals surface area contributed by atoms with Crippen LogP contribution in [0.1, 0.15) is 11.6 Å². The third-order valence-electron chi connectivity index (χ3n) is 2.34. The maximum absolute atomic E-state index is 10.9. The van der Waals surface area contributed by atoms with Gasteiger partial charge in [0.25, 0.3) is 5.69 Å². The fourth-order valence-electron chi connectivity index (χ4n) is 1.53. The lowest BCUT2D eigenvalue weighted by Gasteiger charge is -2.10. The first-order chi connectivity index (χ1) is 7.99. The highest BCUT2D eigenvalue weighted by Gasteiger charge is 2.28. The molecule has 2 rings (SSSR count). The first-order valence-corrected chi connectivity index (χ1v) is 5.38. The summed E-state index contributed by atoms with van der Waals surface area (Å²) in [6, 6.07) is 1.81. The number of amides is 1. The molecule has 0 saturated carbocycles. The monoisotopic (exact) mass is 302 g/mol. The molecule has 1 atom stereocenters. The molecule has 0 radical (unpaired) electrons. The number of alkyl carbamates (subject to hydrolysis) is 1. The van der Waals surface area contributed by atoms with Crippen LogP contribution in [0.3, 0.4) is 0 Å². The van der Waals surface area contributed by atoms with Crippen molar-refractivity contribution in [3.63, 3.8) is 0 Å². The normalized spacial score (nSPS) is 18.6. The zero-order valence-corrected chi connectivity index (χ0v) is 9.93. The van der Waals surface area contributed by atoms with Crippen LogP contribution in [0, 0.1) is 10.1 Å². The van der Waals surface area contributed by atoms with E-state index in [9.17, 15) is 20.0 Å². The third-order valence-corrected chi connectivity index (χ3v) is 2.94. The van der Waals surface area contributed by atoms with E-state index in [1.54, 1.807) is 0 Å². The van der Waals surface area contributed by atoms with Crippen LogP contribution in [0.4, 0.5) is 10.5 Å². The Hall–Kier alpha value is -1.83. The summed E-state index contributed by atoms with van der Waals surface area (Å²) in [4.78, 5) is 21.0. The first-order valence-electron chi connectivity index (χ1n) is 4.59. The van der Waals surface area contributed by atoms with Gasteiger partial charge in [-0.2, -0.15) is 0 Å². The zero-order valence-electron chi connectivity index (χ0n) is 8.34. The maximum atomic E-state index is 10.9. The number of aromatic hydroxyl groups is 1. The number of phenols is 1. The SMILES string of the molecule is O=C1N[C@H](c2cc([N+](=O)[O-])cc(Br)c2O)CO1. The van der Waals surface area contributed by atoms with Crippen LogP contribution < -0.4 is 5.32 Å². The van der Waals surface area contributed by atoms with Crippen molar-refractivity contribution in [3.8, 4) is 5.75 Å². The fourth-order valence-corrected chi connectivity index (χ4v) is 1.99. The Kier molecular flexibility index (Phi) is 2.88. The topological polar surface area (TPSA) is 102 Å². The van der Waals surface area contributed by atoms with E-state index in [1.807, 2.05) is 0 Å². The Morgan fingerprint density at radius 3 is 2.82 bits per heavy atom. The Bertz CT molecular complexity index is 504. The highest BCUT2D eigenvalue weighted by Crippen LogP contribution is 2.37. The van der Waals surface area contributed by atoms with Crippen LogP contribution in [-0.2, 0) is 4.74 Å². The first kappa shape index (κ1) is 11.6. The Morgan fingerprint density at radius 2 is 2.29 bits per heavy atom. The molecule has 17 heavy (non-hydrogen) atoms. The van der Waals surface area contributed by atoms with Gasteiger partial charge in [0.2, 0.25) is 0 Å². The molecule has 0 unspecified atom stereocenters. The zero-order chi connectivity index (χ0) is 12.6. The van der Waals surface area contributed by atoms with Gasteiger partial charge in [-0.3, -0.25) is 10.1 Å². The molecule has 1 saturated heterocycles. The highest BCUT2D eigenvalue weighted by atomic mass is 79.9. The number of nitro benzene ring substituents is 1. The second kappa shape index (κ2) is 4.21. The average molecular weight is 303 g/mol. The van der Waals surface area contributed by atoms with E-state index < -0.39 is 17.1 Å². The quantitative estimate of drug-likeness (QED) is 0.641. The molecule has 1 fully saturated rings. The van der Waals surface area contributed by atoms with Gasteiger partial charge in [-0.15, -0.1) is 0 Å². The lowest BCUT2D eigenvalue weighted by molar-refractivity contribution is -0.385. The number of carbonyl (C=O) groups is 1. The summed E-state index contributed by atoms with van der Waals surface area (Å²) in [5, 5.41) is 22.9. The van der Waals surface area contributed by atoms with Gasteiger partial charge in [0.1, 0.15) is 12.4 Å². The van der Waals surface area contributed by atoms with Crippen LogP contribution in [0.5, 0.6) is 5.75 Å². The predicted molar refractivity (Wildman–Crippen MR) is 59.7 cm³/mol. The number of non-ortho nitro benzene ring substituents is 1. The molecule has 7 nitrogen and oxygen atoms in total. The lowest BCUT2D eigenvalue weighted by Crippen LogP contribution is -2.18. The number of rotatable bonds is 2. The van der Waals surface area contributed by atoms with Crippen LogP contribution in [0.15, 0.2) is 16.6 Å². The number of benzene rings is 1. The molecule has 8 heteroatoms. The number of phenolic OH excluding ortho intramolecular Hbond substituents is 1. The summed E-state index contributed by atoms with van der Waals surface area (Å²) in [6.07, 6.45) is -0.614. The van der Waals surface area contributed by atoms with E-state index in [0.717, 1.165) is 0 Å². The van der Waals surface area contributed by atoms with E-state index >= 15 is 0 Å². The van der Waals surface area contributed by atoms with E-state index in [-0.39, 0.29) is 28.1 Å². The minimum atomic E-state index is -0.614. The number of halogens is 1. The number of ether oxygens (including phenoxy) is 1. The van der Waals surface area contributed by atoms with Crippen molar-refractivity contribution in [2.75, 3.05) is 6.61 Å². The van der Waals surface area contributed by atoms with E-state index in [1.165, 1.54) is 12.1 Å². The summed E-state index contributed by atoms with van der Waals surface area (Å²) in [6.45, 7) is 0.0278. The lowest BCUT2D eigenvalue weighted by atomic mass is 10.1. The number of nitrogens with one attached hydrogen (secondary N) is 1. The Morgan fingerprint density at radius 1 is 1.59 bits per heavy atom. The molecule has 0 aliphatic carbocycles. The minimum Gasteiger partial charge on any atom is -0.506 e. The van der Waals surface area contributed by atoms with Crippen molar-refractivity contribution in [1.82, 2.24) is 5.32 Å². The predicted octanol–water partition coefficient (Wildman–Crippen LogP) is 1.84. The fraction of sp³-hybridized carbons (Fsp3) is 0.222. The third kappa shape index (κ3) is 2.16. The smallest absolute Gasteiger partial charge is 0.407 e. The Balaban J connectivity index is 2.45. The Labute approximate surface area is 104 Å². The summed E-state index contributed by atoms with van der Waals surface area (Å²) in [5.74, 6) is -0.147. The van der Waals surface area contributed by atoms with Gasteiger partial charge in [-0.05, 0) is 15.9 Å². The minimum absolute atomic E-state index is 0.0278. The van der Waals surface area contributed by atoms with Crippen molar-refractivity contribution in [1.29, 1.82) is 0 Å². The second-order valence-corrected chi connectivity index (χ2v) is 4.27. The number of cyclic esters (lactones) is 1. The molecule has 0 aromatic heterocycles. The maximum Gasteiger partial charge on any atom is 0.407 e. The summed E-state index contributed by atoms with van der Waals surface area (Å²) in [7, 11) is 0. The van der Waals surface area contributed by atoms with Crippen molar-refractivity contribution >= 4 is 27.7 Å². The van der Waals surface area contributed by atoms with Crippen LogP contribution >= 0.6 is 15.9 Å². The molecule has 1 aliphatic rings. The second-order valence-electron chi connectivity index (χ2n) is 3.42. The van der Waals surface area contributed by atoms with E-state index in [2.05, 4.69) is 26.0 Å². The standard InChI is InChI=1S/C9H7BrN2O5/c10-6-2-4(12(15)16)1-5(8(6)13)7-3-17-9(14)11-7/h1-2,7,13H,3H2,(H,11,14)/t7-/m0/s1. The number of carbonyl (C=O) groups excluding carboxylic acids is 1. The van der Waals surface area contributed by atoms with Gasteiger partial charge >= 0.3 is 6.09 Å². The van der Waals surface area contributed by atoms with Crippen LogP contribution in [0.2, 0.25) is 0 Å². The molecular formula is C9H7BrN2O5. The molecule has 1 aromatic carbocycles. The number of hydrogen-bond donors (Lipinski definition) is 2. The molecule has 90 valence electrons. The molecule has 1 aromatic rings. The van der Waals surface area contributed by atoms with Crippen molar-refractivity contribution < 1.29 is 19.6 Å². The average Bonchev–Trinajstić information content (AvgIpc) is 2.68. The van der Waals surface area contributed by atoms with E-state index in [4.69, 9.17) is 0 Å². The molecule has 1 amide bonds. The van der Waals surface area contributed by atoms with Crippen LogP contribution in [-0.4, -0.2) is 22.7 Å². The summed E-state index contributed by atoms with van der Waals surface area (Å²) < 4.78 is 4.87. The van der Waals surface area contributed by atoms with Gasteiger partial charge < -0.3 is 15.2 Å². The highest BCUT2D eigenvalue weighted by molar-refractivity contribution is 9.10. The number of nitrogens with zero attached hydrogens (tertiary/aromatic N) is 1. The van der Waals surface area contributed by atoms with Crippen molar-refractivity contribution in [3.05, 3.63) is 32.3 Å². The largest absolute Gasteiger partial charge is 0.506 e. The van der Waals surface area contributed by atoms with Crippen molar-refractivity contribution in [2.45, 2.75) is 6.04 Å². The molecule has 0 spiro atoms. The van der Waals surface area contributed by atoms with Crippen molar-refractivity contribution in [2.24, 2.45) is 0 Å². The molecule has 0 bridgehead atoms. The van der Waals surface area contributed by atoms with Gasteiger partial charge in [-0.1, -0.05) is 0 Å². The van der Waals surface area contributed by atoms with Gasteiger partial charge in [0.05, 0.1) is 15.4 Å². The van der Waals surface area contributed by atoms with E-state index in [0.29, 0.717) is 0 Å². The number of hydrogen-bond acceptors (Lipinski definition) is 5. The van der Waals surface area contributed by atoms with Gasteiger partial charge in [0.15, 0.2) is 0 Å².